The molecule has 0 saturated carbocycles. The van der Waals surface area contributed by atoms with E-state index >= 15 is 0 Å². The summed E-state index contributed by atoms with van der Waals surface area (Å²) in [6, 6.07) is 14.7. The molecule has 0 fully saturated rings. The van der Waals surface area contributed by atoms with Gasteiger partial charge in [0, 0.05) is 17.7 Å². The fourth-order valence-electron chi connectivity index (χ4n) is 2.51. The van der Waals surface area contributed by atoms with Crippen molar-refractivity contribution >= 4 is 18.1 Å². The summed E-state index contributed by atoms with van der Waals surface area (Å²) in [7, 11) is 0. The summed E-state index contributed by atoms with van der Waals surface area (Å²) in [6.07, 6.45) is 3.11. The molecular weight excluding hydrogens is 364 g/mol. The first kappa shape index (κ1) is 16.9. The first-order valence-electron chi connectivity index (χ1n) is 8.07. The average Bonchev–Trinajstić information content (AvgIpc) is 3.39. The van der Waals surface area contributed by atoms with Crippen LogP contribution in [-0.2, 0) is 6.54 Å². The molecule has 0 aliphatic heterocycles. The topological polar surface area (TPSA) is 102 Å². The molecule has 2 aromatic heterocycles. The Kier molecular flexibility index (Phi) is 4.58. The Morgan fingerprint density at radius 3 is 2.56 bits per heavy atom. The van der Waals surface area contributed by atoms with Crippen molar-refractivity contribution in [3.05, 3.63) is 77.1 Å². The molecule has 134 valence electrons. The summed E-state index contributed by atoms with van der Waals surface area (Å²) < 4.78 is 6.92. The zero-order chi connectivity index (χ0) is 18.6. The van der Waals surface area contributed by atoms with Crippen molar-refractivity contribution in [1.29, 1.82) is 0 Å². The second-order valence-corrected chi connectivity index (χ2v) is 6.06. The highest BCUT2D eigenvalue weighted by atomic mass is 32.1. The standard InChI is InChI=1S/C18H14N6O2S/c25-16(13-3-5-14(6-4-13)17-22-23-18(27)26-17)20-9-12-1-7-15(8-2-12)24-11-19-10-21-24/h1-8,10-11H,9H2,(H,20,25)(H,23,27). The number of carbonyl (C=O) groups is 1. The van der Waals surface area contributed by atoms with Crippen molar-refractivity contribution in [3.8, 4) is 17.1 Å². The van der Waals surface area contributed by atoms with Crippen LogP contribution in [0.15, 0.2) is 65.6 Å². The fourth-order valence-corrected chi connectivity index (χ4v) is 2.63. The number of benzene rings is 2. The molecule has 4 aromatic rings. The van der Waals surface area contributed by atoms with E-state index < -0.39 is 0 Å². The van der Waals surface area contributed by atoms with Gasteiger partial charge in [0.1, 0.15) is 12.7 Å². The number of aromatic nitrogens is 5. The van der Waals surface area contributed by atoms with Gasteiger partial charge in [-0.15, -0.1) is 5.10 Å². The van der Waals surface area contributed by atoms with E-state index in [-0.39, 0.29) is 10.7 Å². The normalized spacial score (nSPS) is 10.7. The fraction of sp³-hybridized carbons (Fsp3) is 0.0556. The number of rotatable bonds is 5. The van der Waals surface area contributed by atoms with Crippen molar-refractivity contribution in [2.45, 2.75) is 6.54 Å². The van der Waals surface area contributed by atoms with E-state index in [1.54, 1.807) is 35.3 Å². The maximum absolute atomic E-state index is 12.3. The highest BCUT2D eigenvalue weighted by molar-refractivity contribution is 7.71. The summed E-state index contributed by atoms with van der Waals surface area (Å²) in [5.74, 6) is 0.226. The predicted octanol–water partition coefficient (Wildman–Crippen LogP) is 2.91. The molecule has 0 aliphatic rings. The molecule has 0 aliphatic carbocycles. The molecule has 4 rings (SSSR count). The van der Waals surface area contributed by atoms with Gasteiger partial charge in [-0.2, -0.15) is 5.10 Å². The van der Waals surface area contributed by atoms with Crippen molar-refractivity contribution in [3.63, 3.8) is 0 Å². The molecule has 2 aromatic carbocycles. The molecule has 0 unspecified atom stereocenters. The van der Waals surface area contributed by atoms with Crippen LogP contribution >= 0.6 is 12.2 Å². The molecule has 0 spiro atoms. The van der Waals surface area contributed by atoms with Gasteiger partial charge in [-0.1, -0.05) is 12.1 Å². The Hall–Kier alpha value is -3.59. The van der Waals surface area contributed by atoms with Gasteiger partial charge < -0.3 is 9.73 Å². The van der Waals surface area contributed by atoms with Gasteiger partial charge in [0.15, 0.2) is 0 Å². The van der Waals surface area contributed by atoms with E-state index in [4.69, 9.17) is 16.6 Å². The lowest BCUT2D eigenvalue weighted by Gasteiger charge is -2.07. The molecule has 0 bridgehead atoms. The number of carbonyl (C=O) groups excluding carboxylic acids is 1. The predicted molar refractivity (Wildman–Crippen MR) is 99.7 cm³/mol. The van der Waals surface area contributed by atoms with Gasteiger partial charge in [-0.05, 0) is 54.2 Å². The van der Waals surface area contributed by atoms with Crippen LogP contribution in [0.4, 0.5) is 0 Å². The van der Waals surface area contributed by atoms with Gasteiger partial charge in [-0.3, -0.25) is 4.79 Å². The number of hydrogen-bond donors (Lipinski definition) is 2. The molecule has 9 heteroatoms. The minimum absolute atomic E-state index is 0.162. The monoisotopic (exact) mass is 378 g/mol. The summed E-state index contributed by atoms with van der Waals surface area (Å²) in [5, 5.41) is 13.5. The number of nitrogens with one attached hydrogen (secondary N) is 2. The zero-order valence-corrected chi connectivity index (χ0v) is 14.8. The summed E-state index contributed by atoms with van der Waals surface area (Å²) >= 11 is 4.86. The van der Waals surface area contributed by atoms with E-state index in [1.165, 1.54) is 6.33 Å². The summed E-state index contributed by atoms with van der Waals surface area (Å²) in [6.45, 7) is 0.423. The Morgan fingerprint density at radius 2 is 1.93 bits per heavy atom. The molecule has 0 atom stereocenters. The SMILES string of the molecule is O=C(NCc1ccc(-n2cncn2)cc1)c1ccc(-c2n[nH]c(=S)o2)cc1. The van der Waals surface area contributed by atoms with Gasteiger partial charge >= 0.3 is 0 Å². The summed E-state index contributed by atoms with van der Waals surface area (Å²) in [4.78, 5) is 16.5. The van der Waals surface area contributed by atoms with E-state index in [9.17, 15) is 4.79 Å². The van der Waals surface area contributed by atoms with E-state index in [1.807, 2.05) is 24.3 Å². The Bertz CT molecular complexity index is 1100. The highest BCUT2D eigenvalue weighted by Gasteiger charge is 2.08. The van der Waals surface area contributed by atoms with Crippen LogP contribution in [0, 0.1) is 4.84 Å². The minimum atomic E-state index is -0.162. The molecule has 0 radical (unpaired) electrons. The maximum atomic E-state index is 12.3. The first-order chi connectivity index (χ1) is 13.2. The Balaban J connectivity index is 1.38. The van der Waals surface area contributed by atoms with Crippen LogP contribution in [0.5, 0.6) is 0 Å². The second-order valence-electron chi connectivity index (χ2n) is 5.68. The van der Waals surface area contributed by atoms with Crippen molar-refractivity contribution in [1.82, 2.24) is 30.3 Å². The Labute approximate surface area is 158 Å². The third kappa shape index (κ3) is 3.82. The Morgan fingerprint density at radius 1 is 1.15 bits per heavy atom. The molecule has 1 amide bonds. The lowest BCUT2D eigenvalue weighted by molar-refractivity contribution is 0.0951. The van der Waals surface area contributed by atoms with Crippen molar-refractivity contribution in [2.75, 3.05) is 0 Å². The van der Waals surface area contributed by atoms with Crippen LogP contribution in [0.3, 0.4) is 0 Å². The lowest BCUT2D eigenvalue weighted by Crippen LogP contribution is -2.22. The van der Waals surface area contributed by atoms with Gasteiger partial charge in [-0.25, -0.2) is 14.8 Å². The molecule has 27 heavy (non-hydrogen) atoms. The maximum Gasteiger partial charge on any atom is 0.284 e. The number of H-pyrrole nitrogens is 1. The van der Waals surface area contributed by atoms with Gasteiger partial charge in [0.05, 0.1) is 5.69 Å². The van der Waals surface area contributed by atoms with Crippen LogP contribution in [0.1, 0.15) is 15.9 Å². The lowest BCUT2D eigenvalue weighted by atomic mass is 10.1. The van der Waals surface area contributed by atoms with Gasteiger partial charge in [0.25, 0.3) is 10.7 Å². The van der Waals surface area contributed by atoms with Crippen LogP contribution in [-0.4, -0.2) is 30.9 Å². The third-order valence-electron chi connectivity index (χ3n) is 3.90. The van der Waals surface area contributed by atoms with E-state index in [0.717, 1.165) is 16.8 Å². The number of hydrogen-bond acceptors (Lipinski definition) is 6. The van der Waals surface area contributed by atoms with E-state index in [2.05, 4.69) is 25.6 Å². The summed E-state index contributed by atoms with van der Waals surface area (Å²) in [5.41, 5.74) is 3.18. The van der Waals surface area contributed by atoms with Crippen molar-refractivity contribution < 1.29 is 9.21 Å². The average molecular weight is 378 g/mol. The molecule has 0 saturated heterocycles. The van der Waals surface area contributed by atoms with Crippen LogP contribution in [0.25, 0.3) is 17.1 Å². The van der Waals surface area contributed by atoms with E-state index in [0.29, 0.717) is 18.0 Å². The molecule has 8 nitrogen and oxygen atoms in total. The number of nitrogens with zero attached hydrogens (tertiary/aromatic N) is 4. The van der Waals surface area contributed by atoms with Gasteiger partial charge in [0.2, 0.25) is 5.89 Å². The number of amides is 1. The van der Waals surface area contributed by atoms with Crippen LogP contribution < -0.4 is 5.32 Å². The zero-order valence-electron chi connectivity index (χ0n) is 14.0. The molecule has 2 N–H and O–H groups in total. The van der Waals surface area contributed by atoms with Crippen molar-refractivity contribution in [2.24, 2.45) is 0 Å². The molecule has 2 heterocycles. The third-order valence-corrected chi connectivity index (χ3v) is 4.08. The largest absolute Gasteiger partial charge is 0.409 e. The molecular formula is C18H14N6O2S. The minimum Gasteiger partial charge on any atom is -0.409 e. The van der Waals surface area contributed by atoms with Crippen LogP contribution in [0.2, 0.25) is 0 Å². The second kappa shape index (κ2) is 7.34. The first-order valence-corrected chi connectivity index (χ1v) is 8.48. The highest BCUT2D eigenvalue weighted by Crippen LogP contribution is 2.17. The smallest absolute Gasteiger partial charge is 0.284 e. The number of aromatic amines is 1. The quantitative estimate of drug-likeness (QED) is 0.518.